The minimum atomic E-state index is 0.562. The first-order valence-electron chi connectivity index (χ1n) is 7.38. The van der Waals surface area contributed by atoms with Gasteiger partial charge in [0.15, 0.2) is 17.0 Å². The number of nitrogens with one attached hydrogen (secondary N) is 2. The van der Waals surface area contributed by atoms with Crippen LogP contribution in [0.15, 0.2) is 6.33 Å². The van der Waals surface area contributed by atoms with E-state index in [1.165, 1.54) is 25.7 Å². The van der Waals surface area contributed by atoms with Crippen molar-refractivity contribution in [1.82, 2.24) is 19.5 Å². The highest BCUT2D eigenvalue weighted by atomic mass is 15.2. The van der Waals surface area contributed by atoms with E-state index in [0.29, 0.717) is 6.04 Å². The summed E-state index contributed by atoms with van der Waals surface area (Å²) in [6.45, 7) is 0. The van der Waals surface area contributed by atoms with Crippen LogP contribution < -0.4 is 10.6 Å². The van der Waals surface area contributed by atoms with Crippen molar-refractivity contribution < 1.29 is 0 Å². The van der Waals surface area contributed by atoms with E-state index in [4.69, 9.17) is 0 Å². The van der Waals surface area contributed by atoms with Gasteiger partial charge in [-0.3, -0.25) is 4.57 Å². The maximum Gasteiger partial charge on any atom is 0.204 e. The van der Waals surface area contributed by atoms with Crippen molar-refractivity contribution in [3.05, 3.63) is 6.33 Å². The van der Waals surface area contributed by atoms with Gasteiger partial charge in [0.05, 0.1) is 0 Å². The van der Waals surface area contributed by atoms with Crippen molar-refractivity contribution >= 4 is 22.9 Å². The predicted molar refractivity (Wildman–Crippen MR) is 78.7 cm³/mol. The molecule has 106 valence electrons. The Balaban J connectivity index is 1.69. The van der Waals surface area contributed by atoms with Gasteiger partial charge in [-0.1, -0.05) is 6.42 Å². The van der Waals surface area contributed by atoms with Crippen LogP contribution in [0.2, 0.25) is 0 Å². The summed E-state index contributed by atoms with van der Waals surface area (Å²) in [6, 6.07) is 0.562. The molecule has 2 fully saturated rings. The monoisotopic (exact) mass is 272 g/mol. The number of anilines is 2. The van der Waals surface area contributed by atoms with E-state index in [1.807, 2.05) is 18.7 Å². The lowest BCUT2D eigenvalue weighted by Gasteiger charge is -2.23. The van der Waals surface area contributed by atoms with Crippen molar-refractivity contribution in [2.75, 3.05) is 17.7 Å². The summed E-state index contributed by atoms with van der Waals surface area (Å²) < 4.78 is 1.96. The van der Waals surface area contributed by atoms with Gasteiger partial charge < -0.3 is 10.6 Å². The predicted octanol–water partition coefficient (Wildman–Crippen LogP) is 2.01. The van der Waals surface area contributed by atoms with Crippen molar-refractivity contribution in [3.8, 4) is 0 Å². The van der Waals surface area contributed by atoms with Crippen LogP contribution in [0.5, 0.6) is 0 Å². The van der Waals surface area contributed by atoms with Crippen molar-refractivity contribution in [3.63, 3.8) is 0 Å². The Morgan fingerprint density at radius 3 is 2.85 bits per heavy atom. The van der Waals surface area contributed by atoms with Gasteiger partial charge in [0.1, 0.15) is 6.33 Å². The molecule has 0 aliphatic heterocycles. The smallest absolute Gasteiger partial charge is 0.204 e. The molecule has 6 heteroatoms. The molecule has 0 amide bonds. The SMILES string of the molecule is CNc1nc2c(NC3CC4CCC3C4)ncnc2n1C. The number of aromatic nitrogens is 4. The quantitative estimate of drug-likeness (QED) is 0.894. The lowest BCUT2D eigenvalue weighted by Crippen LogP contribution is -2.26. The normalized spacial score (nSPS) is 28.2. The molecule has 6 nitrogen and oxygen atoms in total. The highest BCUT2D eigenvalue weighted by Gasteiger charge is 2.39. The zero-order valence-electron chi connectivity index (χ0n) is 11.9. The fourth-order valence-electron chi connectivity index (χ4n) is 3.93. The largest absolute Gasteiger partial charge is 0.365 e. The molecule has 20 heavy (non-hydrogen) atoms. The third kappa shape index (κ3) is 1.67. The van der Waals surface area contributed by atoms with Gasteiger partial charge >= 0.3 is 0 Å². The molecule has 0 saturated heterocycles. The summed E-state index contributed by atoms with van der Waals surface area (Å²) in [5.74, 6) is 3.44. The first-order valence-corrected chi connectivity index (χ1v) is 7.38. The summed E-state index contributed by atoms with van der Waals surface area (Å²) in [5, 5.41) is 6.71. The van der Waals surface area contributed by atoms with Crippen molar-refractivity contribution in [1.29, 1.82) is 0 Å². The van der Waals surface area contributed by atoms with Crippen LogP contribution in [0.1, 0.15) is 25.7 Å². The zero-order chi connectivity index (χ0) is 13.7. The molecule has 2 aromatic heterocycles. The lowest BCUT2D eigenvalue weighted by atomic mass is 9.95. The minimum Gasteiger partial charge on any atom is -0.365 e. The van der Waals surface area contributed by atoms with Crippen LogP contribution in [-0.4, -0.2) is 32.6 Å². The second-order valence-corrected chi connectivity index (χ2v) is 6.06. The molecule has 2 aliphatic rings. The Morgan fingerprint density at radius 1 is 1.25 bits per heavy atom. The van der Waals surface area contributed by atoms with Gasteiger partial charge in [-0.25, -0.2) is 15.0 Å². The molecule has 2 bridgehead atoms. The number of hydrogen-bond donors (Lipinski definition) is 2. The van der Waals surface area contributed by atoms with Gasteiger partial charge in [-0.2, -0.15) is 0 Å². The first kappa shape index (κ1) is 11.9. The van der Waals surface area contributed by atoms with E-state index >= 15 is 0 Å². The molecule has 3 atom stereocenters. The number of aryl methyl sites for hydroxylation is 1. The average Bonchev–Trinajstić information content (AvgIpc) is 3.14. The summed E-state index contributed by atoms with van der Waals surface area (Å²) in [6.07, 6.45) is 7.06. The highest BCUT2D eigenvalue weighted by molar-refractivity contribution is 5.85. The number of rotatable bonds is 3. The van der Waals surface area contributed by atoms with Gasteiger partial charge in [0, 0.05) is 20.1 Å². The molecule has 0 spiro atoms. The van der Waals surface area contributed by atoms with Gasteiger partial charge in [-0.15, -0.1) is 0 Å². The molecule has 3 unspecified atom stereocenters. The second kappa shape index (κ2) is 4.33. The molecule has 2 aromatic rings. The van der Waals surface area contributed by atoms with E-state index in [2.05, 4.69) is 25.6 Å². The topological polar surface area (TPSA) is 67.7 Å². The van der Waals surface area contributed by atoms with E-state index in [1.54, 1.807) is 6.33 Å². The highest BCUT2D eigenvalue weighted by Crippen LogP contribution is 2.45. The van der Waals surface area contributed by atoms with Crippen molar-refractivity contribution in [2.45, 2.75) is 31.7 Å². The maximum absolute atomic E-state index is 4.60. The van der Waals surface area contributed by atoms with Gasteiger partial charge in [0.25, 0.3) is 0 Å². The second-order valence-electron chi connectivity index (χ2n) is 6.06. The fraction of sp³-hybridized carbons (Fsp3) is 0.643. The Labute approximate surface area is 118 Å². The zero-order valence-corrected chi connectivity index (χ0v) is 11.9. The van der Waals surface area contributed by atoms with Crippen LogP contribution in [0, 0.1) is 11.8 Å². The minimum absolute atomic E-state index is 0.562. The standard InChI is InChI=1S/C14H20N6/c1-15-14-19-11-12(16-7-17-13(11)20(14)2)18-10-6-8-3-4-9(10)5-8/h7-10H,3-6H2,1-2H3,(H,15,19)(H,16,17,18). The Bertz CT molecular complexity index is 648. The third-order valence-corrected chi connectivity index (χ3v) is 4.94. The number of fused-ring (bicyclic) bond motifs is 3. The lowest BCUT2D eigenvalue weighted by molar-refractivity contribution is 0.439. The summed E-state index contributed by atoms with van der Waals surface area (Å²) in [4.78, 5) is 13.4. The molecular weight excluding hydrogens is 252 g/mol. The van der Waals surface area contributed by atoms with E-state index in [-0.39, 0.29) is 0 Å². The Hall–Kier alpha value is -1.85. The van der Waals surface area contributed by atoms with Crippen LogP contribution in [0.4, 0.5) is 11.8 Å². The van der Waals surface area contributed by atoms with Crippen LogP contribution in [-0.2, 0) is 7.05 Å². The molecule has 2 saturated carbocycles. The van der Waals surface area contributed by atoms with Crippen molar-refractivity contribution in [2.24, 2.45) is 18.9 Å². The van der Waals surface area contributed by atoms with Crippen LogP contribution in [0.3, 0.4) is 0 Å². The molecule has 2 heterocycles. The number of nitrogens with zero attached hydrogens (tertiary/aromatic N) is 4. The maximum atomic E-state index is 4.60. The summed E-state index contributed by atoms with van der Waals surface area (Å²) in [7, 11) is 3.84. The molecule has 2 N–H and O–H groups in total. The van der Waals surface area contributed by atoms with Crippen LogP contribution in [0.25, 0.3) is 11.2 Å². The average molecular weight is 272 g/mol. The molecule has 4 rings (SSSR count). The molecule has 0 aromatic carbocycles. The van der Waals surface area contributed by atoms with E-state index in [0.717, 1.165) is 34.8 Å². The molecular formula is C14H20N6. The Kier molecular flexibility index (Phi) is 2.58. The van der Waals surface area contributed by atoms with Gasteiger partial charge in [-0.05, 0) is 31.1 Å². The summed E-state index contributed by atoms with van der Waals surface area (Å²) >= 11 is 0. The Morgan fingerprint density at radius 2 is 2.15 bits per heavy atom. The first-order chi connectivity index (χ1) is 9.76. The van der Waals surface area contributed by atoms with E-state index in [9.17, 15) is 0 Å². The van der Waals surface area contributed by atoms with Gasteiger partial charge in [0.2, 0.25) is 5.95 Å². The molecule has 0 radical (unpaired) electrons. The molecule has 2 aliphatic carbocycles. The van der Waals surface area contributed by atoms with Crippen LogP contribution >= 0.6 is 0 Å². The summed E-state index contributed by atoms with van der Waals surface area (Å²) in [5.41, 5.74) is 1.73. The number of imidazole rings is 1. The number of hydrogen-bond acceptors (Lipinski definition) is 5. The van der Waals surface area contributed by atoms with E-state index < -0.39 is 0 Å². The third-order valence-electron chi connectivity index (χ3n) is 4.94. The fourth-order valence-corrected chi connectivity index (χ4v) is 3.93.